The van der Waals surface area contributed by atoms with Gasteiger partial charge in [0.15, 0.2) is 0 Å². The third-order valence-electron chi connectivity index (χ3n) is 7.93. The summed E-state index contributed by atoms with van der Waals surface area (Å²) in [6, 6.07) is 19.0. The Kier molecular flexibility index (Phi) is 5.96. The summed E-state index contributed by atoms with van der Waals surface area (Å²) in [7, 11) is 0. The summed E-state index contributed by atoms with van der Waals surface area (Å²) in [4.78, 5) is 11.3. The average Bonchev–Trinajstić information content (AvgIpc) is 3.37. The normalized spacial score (nSPS) is 23.7. The topological polar surface area (TPSA) is 65.0 Å². The summed E-state index contributed by atoms with van der Waals surface area (Å²) < 4.78 is 17.8. The lowest BCUT2D eigenvalue weighted by Gasteiger charge is -2.17. The molecule has 2 aliphatic carbocycles. The van der Waals surface area contributed by atoms with Gasteiger partial charge in [0.25, 0.3) is 0 Å². The molecular formula is C31H32O5. The van der Waals surface area contributed by atoms with Gasteiger partial charge in [0, 0.05) is 6.42 Å². The summed E-state index contributed by atoms with van der Waals surface area (Å²) in [5.41, 5.74) is 8.39. The molecular weight excluding hydrogens is 452 g/mol. The lowest BCUT2D eigenvalue weighted by Crippen LogP contribution is -2.15. The molecule has 1 saturated carbocycles. The number of aliphatic carboxylic acids is 1. The van der Waals surface area contributed by atoms with Gasteiger partial charge in [0.05, 0.1) is 19.6 Å². The lowest BCUT2D eigenvalue weighted by molar-refractivity contribution is -0.137. The van der Waals surface area contributed by atoms with Gasteiger partial charge < -0.3 is 19.3 Å². The van der Waals surface area contributed by atoms with E-state index in [2.05, 4.69) is 62.4 Å². The molecule has 4 atom stereocenters. The maximum Gasteiger partial charge on any atom is 0.303 e. The molecule has 1 saturated heterocycles. The summed E-state index contributed by atoms with van der Waals surface area (Å²) in [5, 5.41) is 9.28. The molecule has 0 radical (unpaired) electrons. The Morgan fingerprint density at radius 1 is 1.03 bits per heavy atom. The highest BCUT2D eigenvalue weighted by Gasteiger charge is 2.52. The number of carboxylic acid groups (broad SMARTS) is 1. The molecule has 3 aromatic rings. The first-order chi connectivity index (χ1) is 17.5. The molecule has 3 aromatic carbocycles. The van der Waals surface area contributed by atoms with Crippen LogP contribution in [-0.2, 0) is 16.1 Å². The number of carbonyl (C=O) groups is 1. The van der Waals surface area contributed by atoms with Crippen LogP contribution in [0.15, 0.2) is 54.6 Å². The minimum atomic E-state index is -0.713. The second kappa shape index (κ2) is 9.29. The van der Waals surface area contributed by atoms with Crippen LogP contribution in [0.1, 0.15) is 58.9 Å². The van der Waals surface area contributed by atoms with E-state index < -0.39 is 5.97 Å². The van der Waals surface area contributed by atoms with Crippen LogP contribution in [0.25, 0.3) is 11.1 Å². The Hall–Kier alpha value is -3.31. The average molecular weight is 485 g/mol. The molecule has 0 amide bonds. The van der Waals surface area contributed by atoms with Crippen LogP contribution < -0.4 is 9.47 Å². The molecule has 0 bridgehead atoms. The van der Waals surface area contributed by atoms with E-state index in [0.717, 1.165) is 36.5 Å². The van der Waals surface area contributed by atoms with Crippen molar-refractivity contribution >= 4 is 5.97 Å². The third-order valence-corrected chi connectivity index (χ3v) is 7.93. The van der Waals surface area contributed by atoms with Crippen molar-refractivity contribution < 1.29 is 24.1 Å². The van der Waals surface area contributed by atoms with E-state index in [4.69, 9.17) is 14.2 Å². The second-order valence-corrected chi connectivity index (χ2v) is 10.5. The molecule has 1 N–H and O–H groups in total. The predicted octanol–water partition coefficient (Wildman–Crippen LogP) is 6.39. The first-order valence-corrected chi connectivity index (χ1v) is 12.9. The molecule has 0 spiro atoms. The highest BCUT2D eigenvalue weighted by molar-refractivity contribution is 5.72. The number of carboxylic acids is 1. The fraction of sp³-hybridized carbons (Fsp3) is 0.387. The van der Waals surface area contributed by atoms with Gasteiger partial charge in [-0.2, -0.15) is 0 Å². The summed E-state index contributed by atoms with van der Waals surface area (Å²) >= 11 is 0. The highest BCUT2D eigenvalue weighted by Crippen LogP contribution is 2.64. The standard InChI is InChI=1S/C31H32O5/c1-18-10-24(36-23-8-9-34-17-23)11-19(2)31(18)21-5-3-4-20(12-21)16-35-22-6-7-25-26(13-22)27-14-28(27)29(25)15-30(32)33/h3-7,10-13,23,27-29H,8-9,14-17H2,1-2H3,(H,32,33)/t23-,27?,28?,29?/m1/s1. The van der Waals surface area contributed by atoms with Crippen molar-refractivity contribution in [1.82, 2.24) is 0 Å². The van der Waals surface area contributed by atoms with Crippen molar-refractivity contribution in [2.24, 2.45) is 5.92 Å². The molecule has 186 valence electrons. The minimum absolute atomic E-state index is 0.142. The number of fused-ring (bicyclic) bond motifs is 3. The van der Waals surface area contributed by atoms with Crippen molar-refractivity contribution in [1.29, 1.82) is 0 Å². The molecule has 0 aromatic heterocycles. The van der Waals surface area contributed by atoms with Crippen LogP contribution in [0.2, 0.25) is 0 Å². The van der Waals surface area contributed by atoms with Crippen molar-refractivity contribution in [2.45, 2.75) is 57.7 Å². The van der Waals surface area contributed by atoms with Gasteiger partial charge in [-0.05, 0) is 107 Å². The van der Waals surface area contributed by atoms with Gasteiger partial charge in [-0.15, -0.1) is 0 Å². The van der Waals surface area contributed by atoms with Gasteiger partial charge in [-0.25, -0.2) is 0 Å². The summed E-state index contributed by atoms with van der Waals surface area (Å²) in [6.45, 7) is 6.19. The quantitative estimate of drug-likeness (QED) is 0.401. The zero-order chi connectivity index (χ0) is 24.8. The zero-order valence-electron chi connectivity index (χ0n) is 20.8. The number of ether oxygens (including phenoxy) is 3. The van der Waals surface area contributed by atoms with Crippen LogP contribution in [0, 0.1) is 19.8 Å². The molecule has 6 rings (SSSR count). The molecule has 2 fully saturated rings. The molecule has 1 aliphatic heterocycles. The van der Waals surface area contributed by atoms with Gasteiger partial charge in [0.1, 0.15) is 24.2 Å². The summed E-state index contributed by atoms with van der Waals surface area (Å²) in [6.07, 6.45) is 2.41. The fourth-order valence-corrected chi connectivity index (χ4v) is 6.23. The lowest BCUT2D eigenvalue weighted by atomic mass is 9.93. The maximum absolute atomic E-state index is 11.3. The number of benzene rings is 3. The number of aryl methyl sites for hydroxylation is 2. The van der Waals surface area contributed by atoms with Crippen LogP contribution >= 0.6 is 0 Å². The maximum atomic E-state index is 11.3. The van der Waals surface area contributed by atoms with E-state index >= 15 is 0 Å². The number of rotatable bonds is 8. The number of hydrogen-bond acceptors (Lipinski definition) is 4. The SMILES string of the molecule is Cc1cc(O[C@@H]2CCOC2)cc(C)c1-c1cccc(COc2ccc3c(c2)C2CC2C3CC(=O)O)c1. The van der Waals surface area contributed by atoms with Crippen LogP contribution in [0.4, 0.5) is 0 Å². The molecule has 3 aliphatic rings. The van der Waals surface area contributed by atoms with E-state index in [1.54, 1.807) is 0 Å². The second-order valence-electron chi connectivity index (χ2n) is 10.5. The van der Waals surface area contributed by atoms with Crippen molar-refractivity contribution in [3.05, 3.63) is 82.4 Å². The molecule has 3 unspecified atom stereocenters. The van der Waals surface area contributed by atoms with E-state index in [1.807, 2.05) is 6.07 Å². The predicted molar refractivity (Wildman–Crippen MR) is 138 cm³/mol. The zero-order valence-corrected chi connectivity index (χ0v) is 20.8. The van der Waals surface area contributed by atoms with Crippen molar-refractivity contribution in [2.75, 3.05) is 13.2 Å². The van der Waals surface area contributed by atoms with E-state index in [1.165, 1.54) is 33.4 Å². The van der Waals surface area contributed by atoms with Gasteiger partial charge in [-0.1, -0.05) is 24.3 Å². The third kappa shape index (κ3) is 4.48. The van der Waals surface area contributed by atoms with Crippen molar-refractivity contribution in [3.63, 3.8) is 0 Å². The van der Waals surface area contributed by atoms with Crippen LogP contribution in [0.5, 0.6) is 11.5 Å². The Bertz CT molecular complexity index is 1280. The first-order valence-electron chi connectivity index (χ1n) is 12.9. The molecule has 5 heteroatoms. The van der Waals surface area contributed by atoms with Crippen LogP contribution in [0.3, 0.4) is 0 Å². The Balaban J connectivity index is 1.16. The fourth-order valence-electron chi connectivity index (χ4n) is 6.23. The smallest absolute Gasteiger partial charge is 0.303 e. The van der Waals surface area contributed by atoms with Gasteiger partial charge in [-0.3, -0.25) is 4.79 Å². The van der Waals surface area contributed by atoms with Gasteiger partial charge >= 0.3 is 5.97 Å². The van der Waals surface area contributed by atoms with E-state index in [-0.39, 0.29) is 18.4 Å². The molecule has 36 heavy (non-hydrogen) atoms. The number of hydrogen-bond donors (Lipinski definition) is 1. The minimum Gasteiger partial charge on any atom is -0.489 e. The Labute approximate surface area is 212 Å². The van der Waals surface area contributed by atoms with Gasteiger partial charge in [0.2, 0.25) is 0 Å². The monoisotopic (exact) mass is 484 g/mol. The summed E-state index contributed by atoms with van der Waals surface area (Å²) in [5.74, 6) is 2.21. The van der Waals surface area contributed by atoms with Crippen molar-refractivity contribution in [3.8, 4) is 22.6 Å². The van der Waals surface area contributed by atoms with E-state index in [0.29, 0.717) is 25.0 Å². The Morgan fingerprint density at radius 3 is 2.61 bits per heavy atom. The molecule has 1 heterocycles. The largest absolute Gasteiger partial charge is 0.489 e. The first kappa shape index (κ1) is 23.1. The Morgan fingerprint density at radius 2 is 1.86 bits per heavy atom. The van der Waals surface area contributed by atoms with E-state index in [9.17, 15) is 9.90 Å². The molecule has 5 nitrogen and oxygen atoms in total. The van der Waals surface area contributed by atoms with Crippen LogP contribution in [-0.4, -0.2) is 30.4 Å². The highest BCUT2D eigenvalue weighted by atomic mass is 16.5.